The number of nitrogens with zero attached hydrogens (tertiary/aromatic N) is 4. The smallest absolute Gasteiger partial charge is 0.145 e. The summed E-state index contributed by atoms with van der Waals surface area (Å²) >= 11 is 0. The second kappa shape index (κ2) is 11.7. The molecule has 3 heterocycles. The first kappa shape index (κ1) is 29.5. The van der Waals surface area contributed by atoms with Gasteiger partial charge in [-0.3, -0.25) is 4.57 Å². The first-order valence-corrected chi connectivity index (χ1v) is 18.1. The van der Waals surface area contributed by atoms with Crippen molar-refractivity contribution in [1.82, 2.24) is 18.7 Å². The number of imidazole rings is 1. The molecule has 8 aromatic carbocycles. The number of rotatable bonds is 5. The fourth-order valence-electron chi connectivity index (χ4n) is 8.29. The molecule has 0 spiro atoms. The van der Waals surface area contributed by atoms with Crippen LogP contribution in [-0.2, 0) is 0 Å². The predicted octanol–water partition coefficient (Wildman–Crippen LogP) is 12.6. The largest absolute Gasteiger partial charge is 0.309 e. The molecule has 0 fully saturated rings. The van der Waals surface area contributed by atoms with E-state index < -0.39 is 0 Å². The van der Waals surface area contributed by atoms with Crippen LogP contribution in [0.5, 0.6) is 0 Å². The van der Waals surface area contributed by atoms with Gasteiger partial charge in [0.2, 0.25) is 0 Å². The van der Waals surface area contributed by atoms with Gasteiger partial charge in [0.25, 0.3) is 0 Å². The molecule has 4 heteroatoms. The highest BCUT2D eigenvalue weighted by atomic mass is 15.1. The van der Waals surface area contributed by atoms with E-state index in [-0.39, 0.29) is 0 Å². The minimum atomic E-state index is 0.932. The number of fused-ring (bicyclic) bond motifs is 7. The Morgan fingerprint density at radius 1 is 0.283 bits per heavy atom. The Morgan fingerprint density at radius 2 is 0.717 bits per heavy atom. The third-order valence-electron chi connectivity index (χ3n) is 10.6. The molecule has 11 aromatic rings. The van der Waals surface area contributed by atoms with Gasteiger partial charge in [0.1, 0.15) is 5.82 Å². The van der Waals surface area contributed by atoms with Gasteiger partial charge in [0, 0.05) is 44.2 Å². The molecule has 0 bridgehead atoms. The molecule has 0 saturated carbocycles. The molecule has 3 aromatic heterocycles. The van der Waals surface area contributed by atoms with Crippen LogP contribution in [0.1, 0.15) is 0 Å². The zero-order chi connectivity index (χ0) is 34.9. The van der Waals surface area contributed by atoms with Gasteiger partial charge in [0.15, 0.2) is 0 Å². The lowest BCUT2D eigenvalue weighted by molar-refractivity contribution is 1.10. The second-order valence-corrected chi connectivity index (χ2v) is 13.6. The molecular formula is C49H32N4. The van der Waals surface area contributed by atoms with Crippen molar-refractivity contribution < 1.29 is 0 Å². The van der Waals surface area contributed by atoms with Crippen molar-refractivity contribution in [2.75, 3.05) is 0 Å². The van der Waals surface area contributed by atoms with Crippen LogP contribution in [-0.4, -0.2) is 18.7 Å². The molecule has 248 valence electrons. The Kier molecular flexibility index (Phi) is 6.52. The summed E-state index contributed by atoms with van der Waals surface area (Å²) in [7, 11) is 0. The van der Waals surface area contributed by atoms with E-state index in [0.717, 1.165) is 50.6 Å². The van der Waals surface area contributed by atoms with E-state index in [1.807, 2.05) is 6.07 Å². The maximum atomic E-state index is 5.08. The maximum absolute atomic E-state index is 5.08. The van der Waals surface area contributed by atoms with Gasteiger partial charge in [-0.05, 0) is 77.9 Å². The molecule has 0 aliphatic carbocycles. The van der Waals surface area contributed by atoms with Gasteiger partial charge in [-0.15, -0.1) is 0 Å². The second-order valence-electron chi connectivity index (χ2n) is 13.6. The van der Waals surface area contributed by atoms with Crippen molar-refractivity contribution in [2.45, 2.75) is 0 Å². The molecule has 0 unspecified atom stereocenters. The van der Waals surface area contributed by atoms with E-state index in [9.17, 15) is 0 Å². The molecule has 53 heavy (non-hydrogen) atoms. The maximum Gasteiger partial charge on any atom is 0.145 e. The van der Waals surface area contributed by atoms with E-state index in [1.54, 1.807) is 0 Å². The van der Waals surface area contributed by atoms with Crippen LogP contribution in [0.2, 0.25) is 0 Å². The molecule has 0 radical (unpaired) electrons. The Morgan fingerprint density at radius 3 is 1.23 bits per heavy atom. The van der Waals surface area contributed by atoms with Crippen molar-refractivity contribution in [3.63, 3.8) is 0 Å². The van der Waals surface area contributed by atoms with Crippen LogP contribution in [0.15, 0.2) is 194 Å². The van der Waals surface area contributed by atoms with Crippen molar-refractivity contribution in [1.29, 1.82) is 0 Å². The van der Waals surface area contributed by atoms with Gasteiger partial charge in [-0.2, -0.15) is 0 Å². The molecule has 0 N–H and O–H groups in total. The van der Waals surface area contributed by atoms with E-state index in [4.69, 9.17) is 4.98 Å². The topological polar surface area (TPSA) is 27.7 Å². The van der Waals surface area contributed by atoms with Gasteiger partial charge >= 0.3 is 0 Å². The molecular weight excluding hydrogens is 645 g/mol. The van der Waals surface area contributed by atoms with E-state index in [0.29, 0.717) is 0 Å². The molecule has 0 atom stereocenters. The lowest BCUT2D eigenvalue weighted by Gasteiger charge is -2.16. The summed E-state index contributed by atoms with van der Waals surface area (Å²) in [5, 5.41) is 4.99. The summed E-state index contributed by atoms with van der Waals surface area (Å²) in [6.45, 7) is 0. The average Bonchev–Trinajstić information content (AvgIpc) is 3.89. The number of benzene rings is 8. The number of hydrogen-bond acceptors (Lipinski definition) is 1. The van der Waals surface area contributed by atoms with Crippen LogP contribution in [0, 0.1) is 0 Å². The average molecular weight is 677 g/mol. The third kappa shape index (κ3) is 4.59. The monoisotopic (exact) mass is 676 g/mol. The van der Waals surface area contributed by atoms with E-state index >= 15 is 0 Å². The van der Waals surface area contributed by atoms with Crippen LogP contribution in [0.4, 0.5) is 0 Å². The number of hydrogen-bond donors (Lipinski definition) is 0. The quantitative estimate of drug-likeness (QED) is 0.178. The zero-order valence-electron chi connectivity index (χ0n) is 28.8. The number of aromatic nitrogens is 4. The fraction of sp³-hybridized carbons (Fsp3) is 0. The summed E-state index contributed by atoms with van der Waals surface area (Å²) in [5.74, 6) is 0.932. The molecule has 0 amide bonds. The summed E-state index contributed by atoms with van der Waals surface area (Å²) in [4.78, 5) is 5.08. The SMILES string of the molecule is c1ccc(-c2nc3ccccc3n2-c2ccc(-c3cc(-n4c5ccccc5c5ccccc54)cc(-n4c5ccccc5c5ccccc54)c3)cc2)cc1. The van der Waals surface area contributed by atoms with Crippen LogP contribution in [0.25, 0.3) is 94.2 Å². The Balaban J connectivity index is 1.15. The zero-order valence-corrected chi connectivity index (χ0v) is 28.8. The highest BCUT2D eigenvalue weighted by Crippen LogP contribution is 2.38. The highest BCUT2D eigenvalue weighted by Gasteiger charge is 2.18. The van der Waals surface area contributed by atoms with Crippen LogP contribution < -0.4 is 0 Å². The lowest BCUT2D eigenvalue weighted by Crippen LogP contribution is -2.00. The van der Waals surface area contributed by atoms with Crippen LogP contribution in [0.3, 0.4) is 0 Å². The standard InChI is InChI=1S/C49H32N4/c1-2-14-34(15-3-1)49-50-43-20-8-13-25-48(43)53(49)36-28-26-33(27-29-36)35-30-37(51-44-21-9-4-16-39(44)40-17-5-10-22-45(40)51)32-38(31-35)52-46-23-11-6-18-41(46)42-19-7-12-24-47(42)52/h1-32H. The summed E-state index contributed by atoms with van der Waals surface area (Å²) in [6, 6.07) is 69.7. The van der Waals surface area contributed by atoms with Crippen molar-refractivity contribution in [3.05, 3.63) is 194 Å². The van der Waals surface area contributed by atoms with Crippen LogP contribution >= 0.6 is 0 Å². The molecule has 11 rings (SSSR count). The van der Waals surface area contributed by atoms with Gasteiger partial charge in [-0.25, -0.2) is 4.98 Å². The summed E-state index contributed by atoms with van der Waals surface area (Å²) < 4.78 is 7.11. The molecule has 4 nitrogen and oxygen atoms in total. The van der Waals surface area contributed by atoms with E-state index in [2.05, 4.69) is 202 Å². The van der Waals surface area contributed by atoms with Gasteiger partial charge in [0.05, 0.1) is 33.1 Å². The van der Waals surface area contributed by atoms with Crippen molar-refractivity contribution in [2.24, 2.45) is 0 Å². The fourth-order valence-corrected chi connectivity index (χ4v) is 8.29. The van der Waals surface area contributed by atoms with E-state index in [1.165, 1.54) is 43.6 Å². The minimum absolute atomic E-state index is 0.932. The molecule has 0 aliphatic rings. The normalized spacial score (nSPS) is 11.8. The minimum Gasteiger partial charge on any atom is -0.309 e. The third-order valence-corrected chi connectivity index (χ3v) is 10.6. The summed E-state index contributed by atoms with van der Waals surface area (Å²) in [5.41, 5.74) is 13.5. The highest BCUT2D eigenvalue weighted by molar-refractivity contribution is 6.10. The summed E-state index contributed by atoms with van der Waals surface area (Å²) in [6.07, 6.45) is 0. The molecule has 0 saturated heterocycles. The lowest BCUT2D eigenvalue weighted by atomic mass is 10.0. The molecule has 0 aliphatic heterocycles. The van der Waals surface area contributed by atoms with Gasteiger partial charge < -0.3 is 9.13 Å². The van der Waals surface area contributed by atoms with Gasteiger partial charge in [-0.1, -0.05) is 127 Å². The first-order chi connectivity index (χ1) is 26.3. The van der Waals surface area contributed by atoms with Crippen molar-refractivity contribution in [3.8, 4) is 39.6 Å². The Bertz CT molecular complexity index is 2920. The number of para-hydroxylation sites is 6. The van der Waals surface area contributed by atoms with Crippen molar-refractivity contribution >= 4 is 54.6 Å². The Hall–Kier alpha value is -7.17. The first-order valence-electron chi connectivity index (χ1n) is 18.1. The Labute approximate surface area is 306 Å². The predicted molar refractivity (Wildman–Crippen MR) is 221 cm³/mol.